The highest BCUT2D eigenvalue weighted by Gasteiger charge is 2.22. The zero-order valence-corrected chi connectivity index (χ0v) is 14.8. The van der Waals surface area contributed by atoms with E-state index in [1.807, 2.05) is 30.3 Å². The van der Waals surface area contributed by atoms with Crippen LogP contribution in [0.2, 0.25) is 0 Å². The molecule has 2 heterocycles. The van der Waals surface area contributed by atoms with E-state index in [1.165, 1.54) is 11.1 Å². The van der Waals surface area contributed by atoms with Gasteiger partial charge in [0.1, 0.15) is 5.75 Å². The lowest BCUT2D eigenvalue weighted by molar-refractivity contribution is 0.184. The number of phenolic OH excluding ortho intramolecular Hbond substituents is 1. The lowest BCUT2D eigenvalue weighted by atomic mass is 9.89. The first-order valence-corrected chi connectivity index (χ1v) is 9.26. The second-order valence-corrected chi connectivity index (χ2v) is 7.09. The first-order valence-electron chi connectivity index (χ1n) is 9.26. The monoisotopic (exact) mass is 348 g/mol. The SMILES string of the molecule is Oc1cccc(C2CCN(Cc3cc(Cc4ccccc4)no3)CC2)c1. The molecule has 0 atom stereocenters. The van der Waals surface area contributed by atoms with Gasteiger partial charge in [-0.3, -0.25) is 4.90 Å². The standard InChI is InChI=1S/C22H24N2O2/c25-21-8-4-7-19(14-21)18-9-11-24(12-10-18)16-22-15-20(23-26-22)13-17-5-2-1-3-6-17/h1-8,14-15,18,25H,9-13,16H2. The molecule has 2 aromatic carbocycles. The summed E-state index contributed by atoms with van der Waals surface area (Å²) in [6, 6.07) is 20.1. The van der Waals surface area contributed by atoms with E-state index in [4.69, 9.17) is 4.52 Å². The van der Waals surface area contributed by atoms with Crippen molar-refractivity contribution < 1.29 is 9.63 Å². The molecule has 4 nitrogen and oxygen atoms in total. The molecule has 1 N–H and O–H groups in total. The van der Waals surface area contributed by atoms with Crippen molar-refractivity contribution in [2.45, 2.75) is 31.7 Å². The molecule has 3 aromatic rings. The molecule has 0 amide bonds. The van der Waals surface area contributed by atoms with Gasteiger partial charge < -0.3 is 9.63 Å². The Labute approximate surface area is 154 Å². The largest absolute Gasteiger partial charge is 0.508 e. The highest BCUT2D eigenvalue weighted by molar-refractivity contribution is 5.30. The van der Waals surface area contributed by atoms with E-state index in [2.05, 4.69) is 34.3 Å². The summed E-state index contributed by atoms with van der Waals surface area (Å²) < 4.78 is 5.54. The summed E-state index contributed by atoms with van der Waals surface area (Å²) in [7, 11) is 0. The smallest absolute Gasteiger partial charge is 0.150 e. The van der Waals surface area contributed by atoms with Crippen molar-refractivity contribution in [1.29, 1.82) is 0 Å². The van der Waals surface area contributed by atoms with Crippen LogP contribution < -0.4 is 0 Å². The number of nitrogens with zero attached hydrogens (tertiary/aromatic N) is 2. The highest BCUT2D eigenvalue weighted by atomic mass is 16.5. The van der Waals surface area contributed by atoms with Crippen LogP contribution in [0.5, 0.6) is 5.75 Å². The van der Waals surface area contributed by atoms with Crippen molar-refractivity contribution in [1.82, 2.24) is 10.1 Å². The fraction of sp³-hybridized carbons (Fsp3) is 0.318. The van der Waals surface area contributed by atoms with Crippen LogP contribution in [-0.2, 0) is 13.0 Å². The number of phenols is 1. The quantitative estimate of drug-likeness (QED) is 0.745. The molecule has 26 heavy (non-hydrogen) atoms. The average molecular weight is 348 g/mol. The predicted octanol–water partition coefficient (Wildman–Crippen LogP) is 4.35. The van der Waals surface area contributed by atoms with Crippen LogP contribution in [0.3, 0.4) is 0 Å². The third-order valence-corrected chi connectivity index (χ3v) is 5.14. The van der Waals surface area contributed by atoms with E-state index in [1.54, 1.807) is 6.07 Å². The van der Waals surface area contributed by atoms with Crippen LogP contribution in [0.1, 0.15) is 41.3 Å². The Balaban J connectivity index is 1.31. The third-order valence-electron chi connectivity index (χ3n) is 5.14. The molecule has 1 aromatic heterocycles. The maximum Gasteiger partial charge on any atom is 0.150 e. The van der Waals surface area contributed by atoms with Gasteiger partial charge >= 0.3 is 0 Å². The summed E-state index contributed by atoms with van der Waals surface area (Å²) in [4.78, 5) is 2.42. The lowest BCUT2D eigenvalue weighted by Gasteiger charge is -2.31. The van der Waals surface area contributed by atoms with Crippen LogP contribution in [0, 0.1) is 0 Å². The first-order chi connectivity index (χ1) is 12.8. The number of benzene rings is 2. The highest BCUT2D eigenvalue weighted by Crippen LogP contribution is 2.30. The number of aromatic nitrogens is 1. The van der Waals surface area contributed by atoms with Gasteiger partial charge in [-0.25, -0.2) is 0 Å². The second kappa shape index (κ2) is 7.75. The Hall–Kier alpha value is -2.59. The normalized spacial score (nSPS) is 16.0. The van der Waals surface area contributed by atoms with Gasteiger partial charge in [0, 0.05) is 12.5 Å². The first kappa shape index (κ1) is 16.9. The van der Waals surface area contributed by atoms with Crippen molar-refractivity contribution in [2.75, 3.05) is 13.1 Å². The predicted molar refractivity (Wildman–Crippen MR) is 101 cm³/mol. The summed E-state index contributed by atoms with van der Waals surface area (Å²) >= 11 is 0. The maximum absolute atomic E-state index is 9.67. The van der Waals surface area contributed by atoms with Crippen molar-refractivity contribution in [3.05, 3.63) is 83.2 Å². The van der Waals surface area contributed by atoms with Gasteiger partial charge in [0.05, 0.1) is 12.2 Å². The van der Waals surface area contributed by atoms with Crippen LogP contribution in [0.15, 0.2) is 65.2 Å². The minimum atomic E-state index is 0.359. The summed E-state index contributed by atoms with van der Waals surface area (Å²) in [5.74, 6) is 1.82. The summed E-state index contributed by atoms with van der Waals surface area (Å²) in [5, 5.41) is 13.9. The van der Waals surface area contributed by atoms with Gasteiger partial charge in [0.25, 0.3) is 0 Å². The van der Waals surface area contributed by atoms with E-state index >= 15 is 0 Å². The van der Waals surface area contributed by atoms with Crippen LogP contribution in [0.25, 0.3) is 0 Å². The Bertz CT molecular complexity index is 836. The minimum absolute atomic E-state index is 0.359. The molecule has 4 heteroatoms. The average Bonchev–Trinajstić information content (AvgIpc) is 3.10. The molecular formula is C22H24N2O2. The Morgan fingerprint density at radius 3 is 2.58 bits per heavy atom. The summed E-state index contributed by atoms with van der Waals surface area (Å²) in [5.41, 5.74) is 3.48. The van der Waals surface area contributed by atoms with Crippen LogP contribution >= 0.6 is 0 Å². The molecule has 0 saturated carbocycles. The fourth-order valence-electron chi connectivity index (χ4n) is 3.74. The zero-order valence-electron chi connectivity index (χ0n) is 14.8. The Morgan fingerprint density at radius 2 is 1.81 bits per heavy atom. The van der Waals surface area contributed by atoms with E-state index < -0.39 is 0 Å². The molecule has 1 aliphatic heterocycles. The lowest BCUT2D eigenvalue weighted by Crippen LogP contribution is -2.32. The maximum atomic E-state index is 9.67. The van der Waals surface area contributed by atoms with E-state index in [0.717, 1.165) is 50.4 Å². The molecule has 1 fully saturated rings. The number of rotatable bonds is 5. The molecule has 0 spiro atoms. The molecule has 1 aliphatic rings. The second-order valence-electron chi connectivity index (χ2n) is 7.09. The van der Waals surface area contributed by atoms with Crippen molar-refractivity contribution in [3.8, 4) is 5.75 Å². The molecule has 0 bridgehead atoms. The van der Waals surface area contributed by atoms with E-state index in [-0.39, 0.29) is 0 Å². The molecular weight excluding hydrogens is 324 g/mol. The van der Waals surface area contributed by atoms with Crippen molar-refractivity contribution in [3.63, 3.8) is 0 Å². The number of piperidine rings is 1. The number of hydrogen-bond donors (Lipinski definition) is 1. The number of likely N-dealkylation sites (tertiary alicyclic amines) is 1. The van der Waals surface area contributed by atoms with Gasteiger partial charge in [0.15, 0.2) is 5.76 Å². The number of hydrogen-bond acceptors (Lipinski definition) is 4. The van der Waals surface area contributed by atoms with Gasteiger partial charge in [-0.05, 0) is 55.1 Å². The molecule has 0 unspecified atom stereocenters. The molecule has 1 saturated heterocycles. The van der Waals surface area contributed by atoms with E-state index in [9.17, 15) is 5.11 Å². The van der Waals surface area contributed by atoms with Crippen LogP contribution in [-0.4, -0.2) is 28.3 Å². The molecule has 134 valence electrons. The summed E-state index contributed by atoms with van der Waals surface area (Å²) in [6.45, 7) is 2.89. The molecule has 0 radical (unpaired) electrons. The fourth-order valence-corrected chi connectivity index (χ4v) is 3.74. The van der Waals surface area contributed by atoms with Gasteiger partial charge in [-0.15, -0.1) is 0 Å². The van der Waals surface area contributed by atoms with Crippen molar-refractivity contribution in [2.24, 2.45) is 0 Å². The van der Waals surface area contributed by atoms with Gasteiger partial charge in [-0.2, -0.15) is 0 Å². The topological polar surface area (TPSA) is 49.5 Å². The van der Waals surface area contributed by atoms with Gasteiger partial charge in [-0.1, -0.05) is 47.6 Å². The zero-order chi connectivity index (χ0) is 17.8. The third kappa shape index (κ3) is 4.14. The summed E-state index contributed by atoms with van der Waals surface area (Å²) in [6.07, 6.45) is 3.02. The Morgan fingerprint density at radius 1 is 1.00 bits per heavy atom. The Kier molecular flexibility index (Phi) is 5.02. The van der Waals surface area contributed by atoms with Crippen molar-refractivity contribution >= 4 is 0 Å². The minimum Gasteiger partial charge on any atom is -0.508 e. The molecule has 4 rings (SSSR count). The van der Waals surface area contributed by atoms with Crippen LogP contribution in [0.4, 0.5) is 0 Å². The molecule has 0 aliphatic carbocycles. The number of aromatic hydroxyl groups is 1. The van der Waals surface area contributed by atoms with Gasteiger partial charge in [0.2, 0.25) is 0 Å². The van der Waals surface area contributed by atoms with E-state index in [0.29, 0.717) is 11.7 Å².